The van der Waals surface area contributed by atoms with E-state index in [9.17, 15) is 8.42 Å². The number of ether oxygens (including phenoxy) is 2. The monoisotopic (exact) mass is 271 g/mol. The van der Waals surface area contributed by atoms with Gasteiger partial charge in [-0.25, -0.2) is 8.42 Å². The summed E-state index contributed by atoms with van der Waals surface area (Å²) in [7, 11) is -1.70. The van der Waals surface area contributed by atoms with Crippen LogP contribution in [0.5, 0.6) is 5.75 Å². The first-order valence-electron chi connectivity index (χ1n) is 5.61. The summed E-state index contributed by atoms with van der Waals surface area (Å²) in [5.74, 6) is 0.706. The van der Waals surface area contributed by atoms with Gasteiger partial charge in [0.1, 0.15) is 18.0 Å². The highest BCUT2D eigenvalue weighted by Crippen LogP contribution is 2.27. The molecule has 5 nitrogen and oxygen atoms in total. The molecule has 2 rings (SSSR count). The number of hydrogen-bond acceptors (Lipinski definition) is 4. The van der Waals surface area contributed by atoms with Crippen LogP contribution in [0.15, 0.2) is 24.3 Å². The fourth-order valence-electron chi connectivity index (χ4n) is 1.39. The van der Waals surface area contributed by atoms with E-state index >= 15 is 0 Å². The average Bonchev–Trinajstić information content (AvgIpc) is 3.04. The number of benzene rings is 1. The van der Waals surface area contributed by atoms with E-state index in [1.54, 1.807) is 24.3 Å². The van der Waals surface area contributed by atoms with Crippen molar-refractivity contribution in [3.8, 4) is 5.75 Å². The van der Waals surface area contributed by atoms with Gasteiger partial charge in [-0.2, -0.15) is 0 Å². The molecule has 0 radical (unpaired) electrons. The van der Waals surface area contributed by atoms with Crippen molar-refractivity contribution in [1.82, 2.24) is 0 Å². The van der Waals surface area contributed by atoms with Crippen LogP contribution < -0.4 is 9.04 Å². The number of epoxide rings is 1. The van der Waals surface area contributed by atoms with Crippen LogP contribution in [0, 0.1) is 0 Å². The predicted octanol–water partition coefficient (Wildman–Crippen LogP) is 1.25. The summed E-state index contributed by atoms with van der Waals surface area (Å²) in [6.45, 7) is 3.22. The number of hydrogen-bond donors (Lipinski definition) is 0. The molecule has 1 aliphatic heterocycles. The maximum Gasteiger partial charge on any atom is 0.231 e. The number of rotatable bonds is 5. The highest BCUT2D eigenvalue weighted by atomic mass is 32.2. The van der Waals surface area contributed by atoms with Crippen molar-refractivity contribution < 1.29 is 17.9 Å². The minimum atomic E-state index is -3.22. The fraction of sp³-hybridized carbons (Fsp3) is 0.500. The van der Waals surface area contributed by atoms with E-state index in [2.05, 4.69) is 0 Å². The largest absolute Gasteiger partial charge is 0.491 e. The summed E-state index contributed by atoms with van der Waals surface area (Å²) < 4.78 is 34.7. The van der Waals surface area contributed by atoms with Gasteiger partial charge in [0, 0.05) is 7.05 Å². The van der Waals surface area contributed by atoms with Crippen molar-refractivity contribution in [3.05, 3.63) is 24.3 Å². The van der Waals surface area contributed by atoms with Crippen LogP contribution in [0.2, 0.25) is 0 Å². The van der Waals surface area contributed by atoms with E-state index < -0.39 is 10.0 Å². The van der Waals surface area contributed by atoms with Gasteiger partial charge < -0.3 is 9.47 Å². The van der Waals surface area contributed by atoms with Gasteiger partial charge in [0.15, 0.2) is 0 Å². The first kappa shape index (κ1) is 13.2. The van der Waals surface area contributed by atoms with Gasteiger partial charge in [0.2, 0.25) is 10.0 Å². The zero-order chi connectivity index (χ0) is 13.4. The highest BCUT2D eigenvalue weighted by molar-refractivity contribution is 7.92. The van der Waals surface area contributed by atoms with Crippen LogP contribution in [0.25, 0.3) is 0 Å². The van der Waals surface area contributed by atoms with Crippen molar-refractivity contribution >= 4 is 15.7 Å². The third-order valence-electron chi connectivity index (χ3n) is 2.88. The molecule has 100 valence electrons. The Labute approximate surface area is 107 Å². The van der Waals surface area contributed by atoms with E-state index in [0.29, 0.717) is 18.0 Å². The summed E-state index contributed by atoms with van der Waals surface area (Å²) in [6.07, 6.45) is 1.17. The molecule has 0 aromatic heterocycles. The standard InChI is InChI=1S/C12H17NO4S/c1-12(9-17-12)8-16-11-6-4-10(5-7-11)13(2)18(3,14)15/h4-7H,8-9H2,1-3H3. The fourth-order valence-corrected chi connectivity index (χ4v) is 1.89. The summed E-state index contributed by atoms with van der Waals surface area (Å²) in [4.78, 5) is 0. The van der Waals surface area contributed by atoms with Crippen LogP contribution >= 0.6 is 0 Å². The zero-order valence-corrected chi connectivity index (χ0v) is 11.5. The molecule has 1 aliphatic rings. The average molecular weight is 271 g/mol. The van der Waals surface area contributed by atoms with Gasteiger partial charge >= 0.3 is 0 Å². The van der Waals surface area contributed by atoms with Gasteiger partial charge in [-0.15, -0.1) is 0 Å². The van der Waals surface area contributed by atoms with Gasteiger partial charge in [-0.3, -0.25) is 4.31 Å². The van der Waals surface area contributed by atoms with Crippen molar-refractivity contribution in [3.63, 3.8) is 0 Å². The smallest absolute Gasteiger partial charge is 0.231 e. The van der Waals surface area contributed by atoms with Crippen LogP contribution in [0.4, 0.5) is 5.69 Å². The quantitative estimate of drug-likeness (QED) is 0.756. The van der Waals surface area contributed by atoms with E-state index in [-0.39, 0.29) is 5.60 Å². The first-order valence-corrected chi connectivity index (χ1v) is 7.46. The normalized spacial score (nSPS) is 22.6. The Hall–Kier alpha value is -1.27. The lowest BCUT2D eigenvalue weighted by atomic mass is 10.2. The molecule has 1 unspecified atom stereocenters. The van der Waals surface area contributed by atoms with Crippen LogP contribution in [-0.4, -0.2) is 40.5 Å². The summed E-state index contributed by atoms with van der Waals surface area (Å²) >= 11 is 0. The Kier molecular flexibility index (Phi) is 3.25. The molecule has 0 aliphatic carbocycles. The highest BCUT2D eigenvalue weighted by Gasteiger charge is 2.40. The SMILES string of the molecule is CN(c1ccc(OCC2(C)CO2)cc1)S(C)(=O)=O. The maximum absolute atomic E-state index is 11.4. The summed E-state index contributed by atoms with van der Waals surface area (Å²) in [6, 6.07) is 6.93. The molecule has 1 aromatic carbocycles. The molecule has 0 spiro atoms. The van der Waals surface area contributed by atoms with E-state index in [1.807, 2.05) is 6.92 Å². The molecule has 6 heteroatoms. The molecule has 1 aromatic rings. The molecule has 0 N–H and O–H groups in total. The molecule has 1 saturated heterocycles. The topological polar surface area (TPSA) is 59.1 Å². The minimum Gasteiger partial charge on any atom is -0.491 e. The van der Waals surface area contributed by atoms with E-state index in [1.165, 1.54) is 17.6 Å². The second-order valence-electron chi connectivity index (χ2n) is 4.75. The van der Waals surface area contributed by atoms with Gasteiger partial charge in [0.25, 0.3) is 0 Å². The third-order valence-corrected chi connectivity index (χ3v) is 4.08. The second kappa shape index (κ2) is 4.44. The number of anilines is 1. The minimum absolute atomic E-state index is 0.151. The molecule has 1 atom stereocenters. The Bertz CT molecular complexity index is 520. The first-order chi connectivity index (χ1) is 8.30. The Morgan fingerprint density at radius 3 is 2.39 bits per heavy atom. The molecule has 0 saturated carbocycles. The van der Waals surface area contributed by atoms with Crippen molar-refractivity contribution in [2.75, 3.05) is 30.8 Å². The number of sulfonamides is 1. The van der Waals surface area contributed by atoms with E-state index in [4.69, 9.17) is 9.47 Å². The molecule has 1 fully saturated rings. The Morgan fingerprint density at radius 1 is 1.39 bits per heavy atom. The molecule has 0 amide bonds. The van der Waals surface area contributed by atoms with Crippen molar-refractivity contribution in [2.45, 2.75) is 12.5 Å². The van der Waals surface area contributed by atoms with E-state index in [0.717, 1.165) is 6.61 Å². The van der Waals surface area contributed by atoms with Crippen LogP contribution in [-0.2, 0) is 14.8 Å². The zero-order valence-electron chi connectivity index (χ0n) is 10.7. The summed E-state index contributed by atoms with van der Waals surface area (Å²) in [5.41, 5.74) is 0.459. The lowest BCUT2D eigenvalue weighted by molar-refractivity contribution is 0.202. The van der Waals surface area contributed by atoms with Crippen molar-refractivity contribution in [2.24, 2.45) is 0 Å². The molecule has 18 heavy (non-hydrogen) atoms. The Morgan fingerprint density at radius 2 is 1.94 bits per heavy atom. The summed E-state index contributed by atoms with van der Waals surface area (Å²) in [5, 5.41) is 0. The number of nitrogens with zero attached hydrogens (tertiary/aromatic N) is 1. The van der Waals surface area contributed by atoms with Crippen LogP contribution in [0.3, 0.4) is 0 Å². The van der Waals surface area contributed by atoms with Gasteiger partial charge in [-0.1, -0.05) is 0 Å². The van der Waals surface area contributed by atoms with Gasteiger partial charge in [0.05, 0.1) is 18.6 Å². The second-order valence-corrected chi connectivity index (χ2v) is 6.77. The third kappa shape index (κ3) is 3.14. The van der Waals surface area contributed by atoms with Gasteiger partial charge in [-0.05, 0) is 31.2 Å². The van der Waals surface area contributed by atoms with Crippen LogP contribution in [0.1, 0.15) is 6.92 Å². The Balaban J connectivity index is 2.01. The predicted molar refractivity (Wildman–Crippen MR) is 69.5 cm³/mol. The lowest BCUT2D eigenvalue weighted by Crippen LogP contribution is -2.24. The maximum atomic E-state index is 11.4. The lowest BCUT2D eigenvalue weighted by Gasteiger charge is -2.17. The van der Waals surface area contributed by atoms with Crippen molar-refractivity contribution in [1.29, 1.82) is 0 Å². The molecule has 1 heterocycles. The molecular formula is C12H17NO4S. The molecular weight excluding hydrogens is 254 g/mol. The molecule has 0 bridgehead atoms.